The predicted octanol–water partition coefficient (Wildman–Crippen LogP) is 3.16. The molecular weight excluding hydrogens is 382 g/mol. The number of amidine groups is 1. The third-order valence-electron chi connectivity index (χ3n) is 3.75. The van der Waals surface area contributed by atoms with Crippen LogP contribution < -0.4 is 5.32 Å². The molecule has 0 radical (unpaired) electrons. The highest BCUT2D eigenvalue weighted by Crippen LogP contribution is 2.08. The van der Waals surface area contributed by atoms with Crippen LogP contribution in [0, 0.1) is 16.7 Å². The van der Waals surface area contributed by atoms with E-state index in [1.165, 1.54) is 0 Å². The van der Waals surface area contributed by atoms with Crippen LogP contribution in [0.4, 0.5) is 4.79 Å². The third kappa shape index (κ3) is 9.82. The van der Waals surface area contributed by atoms with E-state index in [0.717, 1.165) is 11.1 Å². The topological polar surface area (TPSA) is 126 Å². The highest BCUT2D eigenvalue weighted by molar-refractivity contribution is 6.04. The smallest absolute Gasteiger partial charge is 0.413 e. The van der Waals surface area contributed by atoms with Gasteiger partial charge in [0.05, 0.1) is 11.6 Å². The fourth-order valence-corrected chi connectivity index (χ4v) is 2.32. The Bertz CT molecular complexity index is 848. The molecule has 2 aromatic carbocycles. The summed E-state index contributed by atoms with van der Waals surface area (Å²) in [5.41, 5.74) is 2.71. The summed E-state index contributed by atoms with van der Waals surface area (Å²) in [6, 6.07) is 16.3. The molecule has 0 saturated carbocycles. The van der Waals surface area contributed by atoms with E-state index in [-0.39, 0.29) is 19.0 Å². The molecule has 2 aromatic rings. The van der Waals surface area contributed by atoms with Crippen molar-refractivity contribution in [2.24, 2.45) is 0 Å². The lowest BCUT2D eigenvalue weighted by Gasteiger charge is -2.19. The molecule has 160 valence electrons. The number of rotatable bonds is 5. The number of carbonyl (C=O) groups excluding carboxylic acids is 1. The van der Waals surface area contributed by atoms with Crippen molar-refractivity contribution >= 4 is 11.9 Å². The molecule has 1 amide bonds. The fraction of sp³-hybridized carbons (Fsp3) is 0.348. The summed E-state index contributed by atoms with van der Waals surface area (Å²) in [6.07, 6.45) is 0.593. The SMILES string of the molecule is CC(C)(C)OC(=O)NC(=N)c1ccc(CCO)cc1.N#Cc1ccc(CCO)cc1. The molecule has 0 heterocycles. The van der Waals surface area contributed by atoms with Gasteiger partial charge in [0.2, 0.25) is 0 Å². The number of carbonyl (C=O) groups is 1. The second-order valence-corrected chi connectivity index (χ2v) is 7.45. The largest absolute Gasteiger partial charge is 0.444 e. The molecule has 0 aliphatic rings. The fourth-order valence-electron chi connectivity index (χ4n) is 2.32. The zero-order valence-electron chi connectivity index (χ0n) is 17.6. The van der Waals surface area contributed by atoms with Crippen LogP contribution in [-0.4, -0.2) is 41.0 Å². The van der Waals surface area contributed by atoms with Crippen LogP contribution in [0.15, 0.2) is 48.5 Å². The number of ether oxygens (including phenoxy) is 1. The van der Waals surface area contributed by atoms with Gasteiger partial charge in [-0.05, 0) is 56.9 Å². The van der Waals surface area contributed by atoms with E-state index in [1.807, 2.05) is 30.3 Å². The Labute approximate surface area is 177 Å². The first-order valence-electron chi connectivity index (χ1n) is 9.57. The molecule has 0 bridgehead atoms. The normalized spacial score (nSPS) is 10.3. The molecule has 0 atom stereocenters. The van der Waals surface area contributed by atoms with Gasteiger partial charge in [-0.2, -0.15) is 5.26 Å². The zero-order chi connectivity index (χ0) is 22.6. The van der Waals surface area contributed by atoms with E-state index < -0.39 is 11.7 Å². The van der Waals surface area contributed by atoms with Crippen molar-refractivity contribution in [3.63, 3.8) is 0 Å². The maximum absolute atomic E-state index is 11.5. The Balaban J connectivity index is 0.000000346. The van der Waals surface area contributed by atoms with E-state index in [1.54, 1.807) is 45.0 Å². The van der Waals surface area contributed by atoms with Gasteiger partial charge in [-0.25, -0.2) is 4.79 Å². The number of amides is 1. The van der Waals surface area contributed by atoms with Gasteiger partial charge in [-0.3, -0.25) is 10.7 Å². The van der Waals surface area contributed by atoms with Crippen LogP contribution in [0.2, 0.25) is 0 Å². The van der Waals surface area contributed by atoms with Crippen LogP contribution >= 0.6 is 0 Å². The van der Waals surface area contributed by atoms with Gasteiger partial charge in [-0.1, -0.05) is 36.4 Å². The molecule has 0 fully saturated rings. The molecule has 7 nitrogen and oxygen atoms in total. The number of benzene rings is 2. The van der Waals surface area contributed by atoms with Crippen LogP contribution in [-0.2, 0) is 17.6 Å². The first-order chi connectivity index (χ1) is 14.2. The van der Waals surface area contributed by atoms with Gasteiger partial charge in [0, 0.05) is 18.8 Å². The van der Waals surface area contributed by atoms with E-state index >= 15 is 0 Å². The minimum Gasteiger partial charge on any atom is -0.444 e. The van der Waals surface area contributed by atoms with Crippen molar-refractivity contribution in [3.8, 4) is 6.07 Å². The van der Waals surface area contributed by atoms with Crippen LogP contribution in [0.5, 0.6) is 0 Å². The van der Waals surface area contributed by atoms with Gasteiger partial charge >= 0.3 is 6.09 Å². The van der Waals surface area contributed by atoms with Gasteiger partial charge in [0.1, 0.15) is 11.4 Å². The molecule has 0 spiro atoms. The van der Waals surface area contributed by atoms with E-state index in [9.17, 15) is 4.79 Å². The highest BCUT2D eigenvalue weighted by atomic mass is 16.6. The summed E-state index contributed by atoms with van der Waals surface area (Å²) in [5, 5.41) is 36.0. The van der Waals surface area contributed by atoms with Crippen LogP contribution in [0.3, 0.4) is 0 Å². The van der Waals surface area contributed by atoms with Crippen molar-refractivity contribution in [1.29, 1.82) is 10.7 Å². The standard InChI is InChI=1S/C14H20N2O3.C9H9NO/c1-14(2,3)19-13(18)16-12(15)11-6-4-10(5-7-11)8-9-17;10-7-9-3-1-8(2-4-9)5-6-11/h4-7,17H,8-9H2,1-3H3,(H2,15,16,18);1-4,11H,5-6H2. The van der Waals surface area contributed by atoms with Gasteiger partial charge < -0.3 is 14.9 Å². The van der Waals surface area contributed by atoms with Crippen molar-refractivity contribution in [1.82, 2.24) is 5.32 Å². The first-order valence-corrected chi connectivity index (χ1v) is 9.57. The quantitative estimate of drug-likeness (QED) is 0.444. The Kier molecular flexibility index (Phi) is 10.2. The van der Waals surface area contributed by atoms with E-state index in [4.69, 9.17) is 25.6 Å². The predicted molar refractivity (Wildman–Crippen MR) is 115 cm³/mol. The molecule has 0 aliphatic carbocycles. The number of nitrogens with zero attached hydrogens (tertiary/aromatic N) is 1. The van der Waals surface area contributed by atoms with Crippen LogP contribution in [0.1, 0.15) is 43.0 Å². The van der Waals surface area contributed by atoms with Crippen molar-refractivity contribution in [2.75, 3.05) is 13.2 Å². The van der Waals surface area contributed by atoms with E-state index in [0.29, 0.717) is 24.0 Å². The Morgan fingerprint density at radius 3 is 1.87 bits per heavy atom. The molecule has 0 aromatic heterocycles. The lowest BCUT2D eigenvalue weighted by molar-refractivity contribution is 0.0563. The van der Waals surface area contributed by atoms with Gasteiger partial charge in [-0.15, -0.1) is 0 Å². The summed E-state index contributed by atoms with van der Waals surface area (Å²) < 4.78 is 5.07. The summed E-state index contributed by atoms with van der Waals surface area (Å²) in [7, 11) is 0. The molecule has 0 unspecified atom stereocenters. The second kappa shape index (κ2) is 12.4. The Morgan fingerprint density at radius 1 is 1.00 bits per heavy atom. The molecule has 7 heteroatoms. The molecule has 0 saturated heterocycles. The maximum Gasteiger partial charge on any atom is 0.413 e. The number of hydrogen-bond acceptors (Lipinski definition) is 6. The number of nitrogens with one attached hydrogen (secondary N) is 2. The van der Waals surface area contributed by atoms with Crippen molar-refractivity contribution in [2.45, 2.75) is 39.2 Å². The van der Waals surface area contributed by atoms with Gasteiger partial charge in [0.15, 0.2) is 0 Å². The summed E-state index contributed by atoms with van der Waals surface area (Å²) >= 11 is 0. The lowest BCUT2D eigenvalue weighted by Crippen LogP contribution is -2.36. The Hall–Kier alpha value is -3.21. The molecular formula is C23H29N3O4. The molecule has 30 heavy (non-hydrogen) atoms. The van der Waals surface area contributed by atoms with E-state index in [2.05, 4.69) is 5.32 Å². The summed E-state index contributed by atoms with van der Waals surface area (Å²) in [4.78, 5) is 11.5. The zero-order valence-corrected chi connectivity index (χ0v) is 17.6. The second-order valence-electron chi connectivity index (χ2n) is 7.45. The minimum atomic E-state index is -0.642. The summed E-state index contributed by atoms with van der Waals surface area (Å²) in [6.45, 7) is 5.54. The number of aliphatic hydroxyl groups excluding tert-OH is 2. The molecule has 0 aliphatic heterocycles. The Morgan fingerprint density at radius 2 is 1.47 bits per heavy atom. The lowest BCUT2D eigenvalue weighted by atomic mass is 10.1. The molecule has 2 rings (SSSR count). The van der Waals surface area contributed by atoms with Crippen LogP contribution in [0.25, 0.3) is 0 Å². The third-order valence-corrected chi connectivity index (χ3v) is 3.75. The number of aliphatic hydroxyl groups is 2. The van der Waals surface area contributed by atoms with Crippen molar-refractivity contribution < 1.29 is 19.7 Å². The van der Waals surface area contributed by atoms with Crippen molar-refractivity contribution in [3.05, 3.63) is 70.8 Å². The first kappa shape index (κ1) is 24.8. The monoisotopic (exact) mass is 411 g/mol. The maximum atomic E-state index is 11.5. The number of alkyl carbamates (subject to hydrolysis) is 1. The average molecular weight is 412 g/mol. The number of hydrogen-bond donors (Lipinski definition) is 4. The number of nitriles is 1. The van der Waals surface area contributed by atoms with Gasteiger partial charge in [0.25, 0.3) is 0 Å². The minimum absolute atomic E-state index is 0.00945. The molecule has 4 N–H and O–H groups in total. The summed E-state index contributed by atoms with van der Waals surface area (Å²) in [5.74, 6) is -0.00945. The highest BCUT2D eigenvalue weighted by Gasteiger charge is 2.17. The average Bonchev–Trinajstić information content (AvgIpc) is 2.68.